The van der Waals surface area contributed by atoms with Gasteiger partial charge in [0.25, 0.3) is 0 Å². The van der Waals surface area contributed by atoms with E-state index < -0.39 is 0 Å². The third-order valence-corrected chi connectivity index (χ3v) is 2.01. The molecule has 0 nitrogen and oxygen atoms in total. The third kappa shape index (κ3) is 3.93. The van der Waals surface area contributed by atoms with Crippen LogP contribution in [0.2, 0.25) is 5.02 Å². The van der Waals surface area contributed by atoms with Crippen LogP contribution in [0.25, 0.3) is 5.57 Å². The first kappa shape index (κ1) is 13.2. The standard InChI is InChI=1S/C10H10ClF.C2H6/c1-7(8(2)12)9-4-3-5-10(11)6-9;1-2/h3-6H,1-2H3;1-2H3/b8-7-;. The van der Waals surface area contributed by atoms with Crippen LogP contribution in [0.1, 0.15) is 33.3 Å². The van der Waals surface area contributed by atoms with Gasteiger partial charge in [-0.05, 0) is 37.1 Å². The summed E-state index contributed by atoms with van der Waals surface area (Å²) < 4.78 is 12.7. The Morgan fingerprint density at radius 3 is 2.21 bits per heavy atom. The summed E-state index contributed by atoms with van der Waals surface area (Å²) in [6.45, 7) is 7.18. The molecule has 0 heterocycles. The number of benzene rings is 1. The van der Waals surface area contributed by atoms with Crippen LogP contribution in [0.5, 0.6) is 0 Å². The van der Waals surface area contributed by atoms with E-state index in [0.717, 1.165) is 5.56 Å². The molecule has 1 rings (SSSR count). The molecule has 0 spiro atoms. The van der Waals surface area contributed by atoms with Crippen LogP contribution in [0.3, 0.4) is 0 Å². The maximum atomic E-state index is 12.7. The summed E-state index contributed by atoms with van der Waals surface area (Å²) in [5.74, 6) is -0.169. The second kappa shape index (κ2) is 6.61. The molecule has 0 saturated carbocycles. The van der Waals surface area contributed by atoms with Crippen molar-refractivity contribution in [1.29, 1.82) is 0 Å². The van der Waals surface area contributed by atoms with Gasteiger partial charge in [-0.3, -0.25) is 0 Å². The first-order valence-electron chi connectivity index (χ1n) is 4.70. The molecule has 78 valence electrons. The van der Waals surface area contributed by atoms with Gasteiger partial charge in [0.05, 0.1) is 0 Å². The van der Waals surface area contributed by atoms with E-state index in [1.54, 1.807) is 19.1 Å². The van der Waals surface area contributed by atoms with Gasteiger partial charge in [0.1, 0.15) is 5.83 Å². The topological polar surface area (TPSA) is 0 Å². The Morgan fingerprint density at radius 2 is 1.79 bits per heavy atom. The SMILES string of the molecule is C/C(F)=C(\C)c1cccc(Cl)c1.CC. The van der Waals surface area contributed by atoms with Crippen LogP contribution in [-0.2, 0) is 0 Å². The van der Waals surface area contributed by atoms with E-state index in [0.29, 0.717) is 10.6 Å². The number of rotatable bonds is 1. The Hall–Kier alpha value is -0.820. The smallest absolute Gasteiger partial charge is 0.100 e. The third-order valence-electron chi connectivity index (χ3n) is 1.77. The molecule has 0 aliphatic heterocycles. The molecule has 0 saturated heterocycles. The molecular weight excluding hydrogens is 199 g/mol. The normalized spacial score (nSPS) is 11.3. The molecular formula is C12H16ClF. The summed E-state index contributed by atoms with van der Waals surface area (Å²) in [4.78, 5) is 0. The van der Waals surface area contributed by atoms with E-state index >= 15 is 0 Å². The fourth-order valence-corrected chi connectivity index (χ4v) is 1.11. The van der Waals surface area contributed by atoms with E-state index in [-0.39, 0.29) is 5.83 Å². The molecule has 14 heavy (non-hydrogen) atoms. The molecule has 1 aromatic carbocycles. The molecule has 0 aliphatic carbocycles. The zero-order valence-electron chi connectivity index (χ0n) is 9.07. The van der Waals surface area contributed by atoms with Crippen molar-refractivity contribution in [1.82, 2.24) is 0 Å². The Balaban J connectivity index is 0.000000791. The lowest BCUT2D eigenvalue weighted by Gasteiger charge is -2.01. The van der Waals surface area contributed by atoms with Gasteiger partial charge in [-0.25, -0.2) is 4.39 Å². The highest BCUT2D eigenvalue weighted by atomic mass is 35.5. The highest BCUT2D eigenvalue weighted by Crippen LogP contribution is 2.21. The van der Waals surface area contributed by atoms with Crippen molar-refractivity contribution in [3.63, 3.8) is 0 Å². The van der Waals surface area contributed by atoms with Crippen molar-refractivity contribution in [2.75, 3.05) is 0 Å². The quantitative estimate of drug-likeness (QED) is 0.611. The summed E-state index contributed by atoms with van der Waals surface area (Å²) in [5, 5.41) is 0.633. The fourth-order valence-electron chi connectivity index (χ4n) is 0.921. The van der Waals surface area contributed by atoms with Crippen molar-refractivity contribution < 1.29 is 4.39 Å². The minimum absolute atomic E-state index is 0.169. The van der Waals surface area contributed by atoms with Crippen molar-refractivity contribution in [2.45, 2.75) is 27.7 Å². The van der Waals surface area contributed by atoms with Crippen molar-refractivity contribution in [3.8, 4) is 0 Å². The number of hydrogen-bond acceptors (Lipinski definition) is 0. The molecule has 0 atom stereocenters. The number of allylic oxidation sites excluding steroid dienone is 2. The van der Waals surface area contributed by atoms with Crippen LogP contribution in [-0.4, -0.2) is 0 Å². The van der Waals surface area contributed by atoms with Gasteiger partial charge in [-0.2, -0.15) is 0 Å². The molecule has 0 aromatic heterocycles. The Kier molecular flexibility index (Phi) is 6.22. The lowest BCUT2D eigenvalue weighted by atomic mass is 10.1. The second-order valence-electron chi connectivity index (χ2n) is 2.67. The summed E-state index contributed by atoms with van der Waals surface area (Å²) in [5.41, 5.74) is 1.47. The van der Waals surface area contributed by atoms with Gasteiger partial charge in [-0.1, -0.05) is 37.6 Å². The first-order chi connectivity index (χ1) is 6.61. The molecule has 0 radical (unpaired) electrons. The zero-order valence-corrected chi connectivity index (χ0v) is 9.82. The molecule has 0 aliphatic rings. The fraction of sp³-hybridized carbons (Fsp3) is 0.333. The molecule has 0 bridgehead atoms. The van der Waals surface area contributed by atoms with E-state index in [2.05, 4.69) is 0 Å². The minimum atomic E-state index is -0.169. The molecule has 0 fully saturated rings. The van der Waals surface area contributed by atoms with E-state index in [4.69, 9.17) is 11.6 Å². The zero-order chi connectivity index (χ0) is 11.1. The van der Waals surface area contributed by atoms with Crippen LogP contribution < -0.4 is 0 Å². The van der Waals surface area contributed by atoms with Gasteiger partial charge in [0.2, 0.25) is 0 Å². The lowest BCUT2D eigenvalue weighted by molar-refractivity contribution is 0.643. The molecule has 0 unspecified atom stereocenters. The van der Waals surface area contributed by atoms with Crippen LogP contribution in [0.15, 0.2) is 30.1 Å². The van der Waals surface area contributed by atoms with Gasteiger partial charge >= 0.3 is 0 Å². The first-order valence-corrected chi connectivity index (χ1v) is 5.08. The molecule has 2 heteroatoms. The molecule has 0 amide bonds. The predicted molar refractivity (Wildman–Crippen MR) is 62.2 cm³/mol. The Morgan fingerprint density at radius 1 is 1.21 bits per heavy atom. The largest absolute Gasteiger partial charge is 0.212 e. The van der Waals surface area contributed by atoms with Crippen LogP contribution in [0.4, 0.5) is 4.39 Å². The Bertz CT molecular complexity index is 312. The average Bonchev–Trinajstić information content (AvgIpc) is 2.19. The maximum absolute atomic E-state index is 12.7. The monoisotopic (exact) mass is 214 g/mol. The summed E-state index contributed by atoms with van der Waals surface area (Å²) in [6, 6.07) is 7.17. The van der Waals surface area contributed by atoms with Crippen LogP contribution >= 0.6 is 11.6 Å². The second-order valence-corrected chi connectivity index (χ2v) is 3.11. The van der Waals surface area contributed by atoms with Crippen molar-refractivity contribution >= 4 is 17.2 Å². The van der Waals surface area contributed by atoms with E-state index in [9.17, 15) is 4.39 Å². The molecule has 0 N–H and O–H groups in total. The van der Waals surface area contributed by atoms with Gasteiger partial charge in [-0.15, -0.1) is 0 Å². The predicted octanol–water partition coefficient (Wildman–Crippen LogP) is 5.09. The van der Waals surface area contributed by atoms with Gasteiger partial charge < -0.3 is 0 Å². The highest BCUT2D eigenvalue weighted by molar-refractivity contribution is 6.30. The highest BCUT2D eigenvalue weighted by Gasteiger charge is 1.99. The molecule has 1 aromatic rings. The summed E-state index contributed by atoms with van der Waals surface area (Å²) >= 11 is 5.75. The van der Waals surface area contributed by atoms with Gasteiger partial charge in [0, 0.05) is 5.02 Å². The number of halogens is 2. The summed E-state index contributed by atoms with van der Waals surface area (Å²) in [7, 11) is 0. The average molecular weight is 215 g/mol. The summed E-state index contributed by atoms with van der Waals surface area (Å²) in [6.07, 6.45) is 0. The Labute approximate surface area is 90.4 Å². The lowest BCUT2D eigenvalue weighted by Crippen LogP contribution is -1.80. The maximum Gasteiger partial charge on any atom is 0.100 e. The van der Waals surface area contributed by atoms with Gasteiger partial charge in [0.15, 0.2) is 0 Å². The van der Waals surface area contributed by atoms with Crippen molar-refractivity contribution in [3.05, 3.63) is 40.7 Å². The number of hydrogen-bond donors (Lipinski definition) is 0. The van der Waals surface area contributed by atoms with E-state index in [1.807, 2.05) is 26.0 Å². The minimum Gasteiger partial charge on any atom is -0.212 e. The van der Waals surface area contributed by atoms with E-state index in [1.165, 1.54) is 6.92 Å². The van der Waals surface area contributed by atoms with Crippen LogP contribution in [0, 0.1) is 0 Å². The van der Waals surface area contributed by atoms with Crippen molar-refractivity contribution in [2.24, 2.45) is 0 Å².